The van der Waals surface area contributed by atoms with Crippen molar-refractivity contribution in [1.82, 2.24) is 10.3 Å². The fraction of sp³-hybridized carbons (Fsp3) is 0.250. The van der Waals surface area contributed by atoms with Crippen molar-refractivity contribution in [1.29, 1.82) is 0 Å². The first-order valence-electron chi connectivity index (χ1n) is 8.58. The lowest BCUT2D eigenvalue weighted by Crippen LogP contribution is -2.39. The Hall–Kier alpha value is -2.58. The highest BCUT2D eigenvalue weighted by molar-refractivity contribution is 7.18. The number of nitrogens with zero attached hydrogens (tertiary/aromatic N) is 1. The molecule has 0 aliphatic rings. The van der Waals surface area contributed by atoms with E-state index in [1.54, 1.807) is 39.0 Å². The standard InChI is InChI=1S/C20H17ClF2N2O3S/c1-20(2,3)19(27)25-18(26)16-11(22)5-7-13(17(16)23)28-9-15-24-12-6-4-10(21)8-14(12)29-15/h4-8H,9H2,1-3H3,(H,25,26,27). The lowest BCUT2D eigenvalue weighted by molar-refractivity contribution is -0.127. The molecular formula is C20H17ClF2N2O3S. The first kappa shape index (κ1) is 21.1. The molecule has 0 spiro atoms. The number of aromatic nitrogens is 1. The van der Waals surface area contributed by atoms with Gasteiger partial charge in [0.15, 0.2) is 11.6 Å². The number of hydrogen-bond acceptors (Lipinski definition) is 5. The van der Waals surface area contributed by atoms with Crippen LogP contribution in [0.15, 0.2) is 30.3 Å². The molecule has 0 saturated heterocycles. The largest absolute Gasteiger partial charge is 0.483 e. The molecule has 1 N–H and O–H groups in total. The predicted molar refractivity (Wildman–Crippen MR) is 107 cm³/mol. The highest BCUT2D eigenvalue weighted by atomic mass is 35.5. The number of nitrogens with one attached hydrogen (secondary N) is 1. The summed E-state index contributed by atoms with van der Waals surface area (Å²) in [5, 5.41) is 3.13. The first-order chi connectivity index (χ1) is 13.6. The van der Waals surface area contributed by atoms with E-state index in [0.29, 0.717) is 10.0 Å². The molecular weight excluding hydrogens is 422 g/mol. The number of carbonyl (C=O) groups is 2. The Labute approximate surface area is 174 Å². The third-order valence-corrected chi connectivity index (χ3v) is 5.16. The van der Waals surface area contributed by atoms with E-state index in [-0.39, 0.29) is 12.4 Å². The van der Waals surface area contributed by atoms with Crippen LogP contribution in [0.1, 0.15) is 36.1 Å². The van der Waals surface area contributed by atoms with Crippen LogP contribution in [-0.2, 0) is 11.4 Å². The minimum atomic E-state index is -1.19. The molecule has 1 heterocycles. The van der Waals surface area contributed by atoms with Gasteiger partial charge >= 0.3 is 0 Å². The summed E-state index contributed by atoms with van der Waals surface area (Å²) in [6, 6.07) is 7.21. The fourth-order valence-corrected chi connectivity index (χ4v) is 3.51. The molecule has 0 aliphatic carbocycles. The highest BCUT2D eigenvalue weighted by Crippen LogP contribution is 2.28. The Bertz CT molecular complexity index is 1110. The van der Waals surface area contributed by atoms with Crippen molar-refractivity contribution in [3.8, 4) is 5.75 Å². The molecule has 0 aliphatic heterocycles. The van der Waals surface area contributed by atoms with Gasteiger partial charge in [0, 0.05) is 10.4 Å². The maximum absolute atomic E-state index is 14.7. The van der Waals surface area contributed by atoms with Crippen molar-refractivity contribution in [2.45, 2.75) is 27.4 Å². The lowest BCUT2D eigenvalue weighted by atomic mass is 9.95. The van der Waals surface area contributed by atoms with E-state index in [4.69, 9.17) is 16.3 Å². The number of ether oxygens (including phenoxy) is 1. The average molecular weight is 439 g/mol. The van der Waals surface area contributed by atoms with Crippen molar-refractivity contribution in [2.24, 2.45) is 5.41 Å². The number of rotatable bonds is 4. The molecule has 3 aromatic rings. The van der Waals surface area contributed by atoms with Crippen molar-refractivity contribution in [3.05, 3.63) is 57.6 Å². The van der Waals surface area contributed by atoms with Crippen LogP contribution in [-0.4, -0.2) is 16.8 Å². The number of hydrogen-bond donors (Lipinski definition) is 1. The zero-order valence-electron chi connectivity index (χ0n) is 15.8. The Morgan fingerprint density at radius 2 is 1.93 bits per heavy atom. The second-order valence-corrected chi connectivity index (χ2v) is 8.83. The van der Waals surface area contributed by atoms with E-state index < -0.39 is 34.4 Å². The number of thiazole rings is 1. The van der Waals surface area contributed by atoms with Gasteiger partial charge in [-0.05, 0) is 30.3 Å². The molecule has 0 fully saturated rings. The fourth-order valence-electron chi connectivity index (χ4n) is 2.35. The van der Waals surface area contributed by atoms with Gasteiger partial charge in [0.05, 0.1) is 10.2 Å². The summed E-state index contributed by atoms with van der Waals surface area (Å²) in [7, 11) is 0. The van der Waals surface area contributed by atoms with Crippen molar-refractivity contribution in [3.63, 3.8) is 0 Å². The van der Waals surface area contributed by atoms with Gasteiger partial charge in [0.25, 0.3) is 5.91 Å². The minimum Gasteiger partial charge on any atom is -0.483 e. The third kappa shape index (κ3) is 4.71. The summed E-state index contributed by atoms with van der Waals surface area (Å²) < 4.78 is 35.1. The van der Waals surface area contributed by atoms with Crippen LogP contribution in [0, 0.1) is 17.0 Å². The molecule has 29 heavy (non-hydrogen) atoms. The number of amides is 2. The smallest absolute Gasteiger partial charge is 0.263 e. The zero-order chi connectivity index (χ0) is 21.3. The first-order valence-corrected chi connectivity index (χ1v) is 9.77. The third-order valence-electron chi connectivity index (χ3n) is 3.94. The molecule has 9 heteroatoms. The topological polar surface area (TPSA) is 68.3 Å². The highest BCUT2D eigenvalue weighted by Gasteiger charge is 2.28. The molecule has 1 aromatic heterocycles. The SMILES string of the molecule is CC(C)(C)C(=O)NC(=O)c1c(F)ccc(OCc2nc3ccc(Cl)cc3s2)c1F. The summed E-state index contributed by atoms with van der Waals surface area (Å²) in [5.41, 5.74) is -1.05. The molecule has 0 atom stereocenters. The van der Waals surface area contributed by atoms with Crippen LogP contribution in [0.4, 0.5) is 8.78 Å². The minimum absolute atomic E-state index is 0.0818. The zero-order valence-corrected chi connectivity index (χ0v) is 17.4. The monoisotopic (exact) mass is 438 g/mol. The normalized spacial score (nSPS) is 11.5. The number of fused-ring (bicyclic) bond motifs is 1. The number of imide groups is 1. The van der Waals surface area contributed by atoms with Gasteiger partial charge in [0.2, 0.25) is 5.91 Å². The summed E-state index contributed by atoms with van der Waals surface area (Å²) in [5.74, 6) is -4.42. The molecule has 0 bridgehead atoms. The Kier molecular flexibility index (Phi) is 5.86. The van der Waals surface area contributed by atoms with Crippen LogP contribution < -0.4 is 10.1 Å². The van der Waals surface area contributed by atoms with Crippen LogP contribution in [0.3, 0.4) is 0 Å². The molecule has 0 radical (unpaired) electrons. The van der Waals surface area contributed by atoms with Crippen LogP contribution in [0.2, 0.25) is 5.02 Å². The van der Waals surface area contributed by atoms with Crippen LogP contribution >= 0.6 is 22.9 Å². The van der Waals surface area contributed by atoms with E-state index in [0.717, 1.165) is 22.3 Å². The molecule has 0 saturated carbocycles. The molecule has 2 amide bonds. The number of halogens is 3. The quantitative estimate of drug-likeness (QED) is 0.614. The Morgan fingerprint density at radius 1 is 1.21 bits per heavy atom. The van der Waals surface area contributed by atoms with E-state index >= 15 is 0 Å². The van der Waals surface area contributed by atoms with Gasteiger partial charge in [0.1, 0.15) is 23.0 Å². The van der Waals surface area contributed by atoms with Crippen molar-refractivity contribution < 1.29 is 23.1 Å². The van der Waals surface area contributed by atoms with Crippen molar-refractivity contribution >= 4 is 45.0 Å². The number of benzene rings is 2. The summed E-state index contributed by atoms with van der Waals surface area (Å²) in [4.78, 5) is 28.5. The molecule has 152 valence electrons. The lowest BCUT2D eigenvalue weighted by Gasteiger charge is -2.17. The van der Waals surface area contributed by atoms with Crippen molar-refractivity contribution in [2.75, 3.05) is 0 Å². The van der Waals surface area contributed by atoms with Gasteiger partial charge in [-0.3, -0.25) is 14.9 Å². The molecule has 0 unspecified atom stereocenters. The van der Waals surface area contributed by atoms with Gasteiger partial charge in [-0.1, -0.05) is 32.4 Å². The van der Waals surface area contributed by atoms with E-state index in [1.165, 1.54) is 11.3 Å². The summed E-state index contributed by atoms with van der Waals surface area (Å²) in [6.07, 6.45) is 0. The maximum Gasteiger partial charge on any atom is 0.263 e. The van der Waals surface area contributed by atoms with E-state index in [2.05, 4.69) is 4.98 Å². The predicted octanol–water partition coefficient (Wildman–Crippen LogP) is 5.11. The number of carbonyl (C=O) groups excluding carboxylic acids is 2. The Balaban J connectivity index is 1.80. The second kappa shape index (κ2) is 8.04. The molecule has 3 rings (SSSR count). The molecule has 2 aromatic carbocycles. The van der Waals surface area contributed by atoms with Crippen LogP contribution in [0.25, 0.3) is 10.2 Å². The van der Waals surface area contributed by atoms with E-state index in [9.17, 15) is 18.4 Å². The van der Waals surface area contributed by atoms with E-state index in [1.807, 2.05) is 5.32 Å². The summed E-state index contributed by atoms with van der Waals surface area (Å²) in [6.45, 7) is 4.65. The van der Waals surface area contributed by atoms with Gasteiger partial charge in [-0.15, -0.1) is 11.3 Å². The molecule has 5 nitrogen and oxygen atoms in total. The van der Waals surface area contributed by atoms with Gasteiger partial charge < -0.3 is 4.74 Å². The maximum atomic E-state index is 14.7. The Morgan fingerprint density at radius 3 is 2.62 bits per heavy atom. The second-order valence-electron chi connectivity index (χ2n) is 7.28. The van der Waals surface area contributed by atoms with Gasteiger partial charge in [-0.2, -0.15) is 0 Å². The van der Waals surface area contributed by atoms with Gasteiger partial charge in [-0.25, -0.2) is 13.8 Å². The van der Waals surface area contributed by atoms with Crippen LogP contribution in [0.5, 0.6) is 5.75 Å². The summed E-state index contributed by atoms with van der Waals surface area (Å²) >= 11 is 7.27. The average Bonchev–Trinajstić information content (AvgIpc) is 3.02.